The molecule has 1 aromatic rings. The molecule has 1 unspecified atom stereocenters. The number of benzene rings is 1. The average Bonchev–Trinajstić information content (AvgIpc) is 2.27. The number of hydrogen-bond donors (Lipinski definition) is 2. The highest BCUT2D eigenvalue weighted by Crippen LogP contribution is 2.16. The van der Waals surface area contributed by atoms with Gasteiger partial charge in [0, 0.05) is 6.04 Å². The Labute approximate surface area is 91.1 Å². The van der Waals surface area contributed by atoms with Gasteiger partial charge < -0.3 is 15.2 Å². The Morgan fingerprint density at radius 1 is 1.40 bits per heavy atom. The molecule has 3 heteroatoms. The first-order chi connectivity index (χ1) is 7.27. The number of para-hydroxylation sites is 1. The van der Waals surface area contributed by atoms with Crippen molar-refractivity contribution >= 4 is 0 Å². The van der Waals surface area contributed by atoms with Crippen LogP contribution in [0.5, 0.6) is 5.75 Å². The van der Waals surface area contributed by atoms with E-state index in [1.807, 2.05) is 38.2 Å². The zero-order valence-corrected chi connectivity index (χ0v) is 9.36. The fraction of sp³-hybridized carbons (Fsp3) is 0.500. The molecule has 0 aromatic heterocycles. The molecule has 1 rings (SSSR count). The topological polar surface area (TPSA) is 41.5 Å². The minimum absolute atomic E-state index is 0.119. The molecule has 0 amide bonds. The number of ether oxygens (including phenoxy) is 1. The fourth-order valence-corrected chi connectivity index (χ4v) is 1.36. The predicted molar refractivity (Wildman–Crippen MR) is 61.2 cm³/mol. The lowest BCUT2D eigenvalue weighted by atomic mass is 10.2. The summed E-state index contributed by atoms with van der Waals surface area (Å²) in [5.41, 5.74) is 1.14. The van der Waals surface area contributed by atoms with E-state index in [4.69, 9.17) is 9.84 Å². The molecule has 0 heterocycles. The van der Waals surface area contributed by atoms with E-state index in [-0.39, 0.29) is 12.6 Å². The SMILES string of the molecule is CNC(CO)CCOc1ccccc1C. The Hall–Kier alpha value is -1.06. The molecule has 0 aliphatic heterocycles. The molecule has 0 fully saturated rings. The molecule has 2 N–H and O–H groups in total. The first-order valence-corrected chi connectivity index (χ1v) is 5.24. The standard InChI is InChI=1S/C12H19NO2/c1-10-5-3-4-6-12(10)15-8-7-11(9-14)13-2/h3-6,11,13-14H,7-9H2,1-2H3. The monoisotopic (exact) mass is 209 g/mol. The third-order valence-corrected chi connectivity index (χ3v) is 2.45. The molecule has 0 saturated heterocycles. The van der Waals surface area contributed by atoms with E-state index in [0.717, 1.165) is 17.7 Å². The fourth-order valence-electron chi connectivity index (χ4n) is 1.36. The summed E-state index contributed by atoms with van der Waals surface area (Å²) in [6.07, 6.45) is 0.807. The summed E-state index contributed by atoms with van der Waals surface area (Å²) in [7, 11) is 1.84. The van der Waals surface area contributed by atoms with Crippen molar-refractivity contribution in [2.45, 2.75) is 19.4 Å². The largest absolute Gasteiger partial charge is 0.493 e. The normalized spacial score (nSPS) is 12.5. The van der Waals surface area contributed by atoms with Crippen molar-refractivity contribution in [3.05, 3.63) is 29.8 Å². The van der Waals surface area contributed by atoms with E-state index < -0.39 is 0 Å². The third kappa shape index (κ3) is 3.90. The van der Waals surface area contributed by atoms with E-state index in [0.29, 0.717) is 6.61 Å². The van der Waals surface area contributed by atoms with Crippen LogP contribution < -0.4 is 10.1 Å². The van der Waals surface area contributed by atoms with Crippen LogP contribution in [0.3, 0.4) is 0 Å². The van der Waals surface area contributed by atoms with Crippen LogP contribution in [0, 0.1) is 6.92 Å². The van der Waals surface area contributed by atoms with Gasteiger partial charge in [-0.15, -0.1) is 0 Å². The molecule has 1 atom stereocenters. The van der Waals surface area contributed by atoms with E-state index in [1.54, 1.807) is 0 Å². The minimum Gasteiger partial charge on any atom is -0.493 e. The van der Waals surface area contributed by atoms with Crippen LogP contribution in [0.4, 0.5) is 0 Å². The molecule has 15 heavy (non-hydrogen) atoms. The van der Waals surface area contributed by atoms with Crippen LogP contribution >= 0.6 is 0 Å². The summed E-state index contributed by atoms with van der Waals surface area (Å²) >= 11 is 0. The number of hydrogen-bond acceptors (Lipinski definition) is 3. The number of likely N-dealkylation sites (N-methyl/N-ethyl adjacent to an activating group) is 1. The first kappa shape index (κ1) is 12.0. The van der Waals surface area contributed by atoms with Gasteiger partial charge >= 0.3 is 0 Å². The lowest BCUT2D eigenvalue weighted by Gasteiger charge is -2.14. The van der Waals surface area contributed by atoms with Gasteiger partial charge in [0.05, 0.1) is 13.2 Å². The predicted octanol–water partition coefficient (Wildman–Crippen LogP) is 1.34. The maximum absolute atomic E-state index is 8.96. The van der Waals surface area contributed by atoms with Crippen LogP contribution in [0.1, 0.15) is 12.0 Å². The van der Waals surface area contributed by atoms with Gasteiger partial charge in [0.2, 0.25) is 0 Å². The van der Waals surface area contributed by atoms with Crippen molar-refractivity contribution in [1.82, 2.24) is 5.32 Å². The average molecular weight is 209 g/mol. The number of aliphatic hydroxyl groups excluding tert-OH is 1. The highest BCUT2D eigenvalue weighted by atomic mass is 16.5. The van der Waals surface area contributed by atoms with E-state index in [9.17, 15) is 0 Å². The summed E-state index contributed by atoms with van der Waals surface area (Å²) in [5.74, 6) is 0.922. The molecule has 1 aromatic carbocycles. The summed E-state index contributed by atoms with van der Waals surface area (Å²) in [4.78, 5) is 0. The van der Waals surface area contributed by atoms with Crippen LogP contribution in [-0.2, 0) is 0 Å². The number of aryl methyl sites for hydroxylation is 1. The summed E-state index contributed by atoms with van der Waals surface area (Å²) in [5, 5.41) is 12.0. The Balaban J connectivity index is 2.34. The van der Waals surface area contributed by atoms with Crippen LogP contribution in [0.25, 0.3) is 0 Å². The molecule has 0 bridgehead atoms. The summed E-state index contributed by atoms with van der Waals surface area (Å²) in [6.45, 7) is 2.79. The zero-order valence-electron chi connectivity index (χ0n) is 9.36. The van der Waals surface area contributed by atoms with Gasteiger partial charge in [-0.2, -0.15) is 0 Å². The summed E-state index contributed by atoms with van der Waals surface area (Å²) in [6, 6.07) is 8.06. The van der Waals surface area contributed by atoms with Gasteiger partial charge in [-0.25, -0.2) is 0 Å². The van der Waals surface area contributed by atoms with Gasteiger partial charge in [-0.1, -0.05) is 18.2 Å². The Bertz CT molecular complexity index is 285. The third-order valence-electron chi connectivity index (χ3n) is 2.45. The van der Waals surface area contributed by atoms with Gasteiger partial charge in [-0.3, -0.25) is 0 Å². The van der Waals surface area contributed by atoms with E-state index >= 15 is 0 Å². The second-order valence-corrected chi connectivity index (χ2v) is 3.57. The van der Waals surface area contributed by atoms with Crippen molar-refractivity contribution in [2.75, 3.05) is 20.3 Å². The summed E-state index contributed by atoms with van der Waals surface area (Å²) < 4.78 is 5.62. The second kappa shape index (κ2) is 6.43. The Morgan fingerprint density at radius 3 is 2.73 bits per heavy atom. The lowest BCUT2D eigenvalue weighted by Crippen LogP contribution is -2.30. The highest BCUT2D eigenvalue weighted by molar-refractivity contribution is 5.31. The molecule has 0 aliphatic rings. The van der Waals surface area contributed by atoms with Gasteiger partial charge in [0.25, 0.3) is 0 Å². The maximum Gasteiger partial charge on any atom is 0.122 e. The van der Waals surface area contributed by atoms with Crippen molar-refractivity contribution in [2.24, 2.45) is 0 Å². The number of aliphatic hydroxyl groups is 1. The molecular weight excluding hydrogens is 190 g/mol. The van der Waals surface area contributed by atoms with Gasteiger partial charge in [0.15, 0.2) is 0 Å². The smallest absolute Gasteiger partial charge is 0.122 e. The molecule has 0 spiro atoms. The molecule has 0 aliphatic carbocycles. The van der Waals surface area contributed by atoms with Crippen LogP contribution in [0.2, 0.25) is 0 Å². The van der Waals surface area contributed by atoms with Gasteiger partial charge in [-0.05, 0) is 32.0 Å². The van der Waals surface area contributed by atoms with Crippen molar-refractivity contribution < 1.29 is 9.84 Å². The molecule has 0 saturated carbocycles. The Morgan fingerprint density at radius 2 is 2.13 bits per heavy atom. The molecule has 3 nitrogen and oxygen atoms in total. The van der Waals surface area contributed by atoms with Gasteiger partial charge in [0.1, 0.15) is 5.75 Å². The second-order valence-electron chi connectivity index (χ2n) is 3.57. The lowest BCUT2D eigenvalue weighted by molar-refractivity contribution is 0.214. The highest BCUT2D eigenvalue weighted by Gasteiger charge is 2.04. The van der Waals surface area contributed by atoms with Crippen molar-refractivity contribution in [3.63, 3.8) is 0 Å². The van der Waals surface area contributed by atoms with E-state index in [1.165, 1.54) is 0 Å². The van der Waals surface area contributed by atoms with E-state index in [2.05, 4.69) is 5.32 Å². The Kier molecular flexibility index (Phi) is 5.15. The van der Waals surface area contributed by atoms with Crippen LogP contribution in [0.15, 0.2) is 24.3 Å². The van der Waals surface area contributed by atoms with Crippen molar-refractivity contribution in [1.29, 1.82) is 0 Å². The first-order valence-electron chi connectivity index (χ1n) is 5.24. The molecule has 0 radical (unpaired) electrons. The number of rotatable bonds is 6. The quantitative estimate of drug-likeness (QED) is 0.743. The maximum atomic E-state index is 8.96. The molecule has 84 valence electrons. The molecular formula is C12H19NO2. The number of nitrogens with one attached hydrogen (secondary N) is 1. The zero-order chi connectivity index (χ0) is 11.1. The van der Waals surface area contributed by atoms with Crippen LogP contribution in [-0.4, -0.2) is 31.4 Å². The van der Waals surface area contributed by atoms with Crippen molar-refractivity contribution in [3.8, 4) is 5.75 Å². The minimum atomic E-state index is 0.119.